The maximum Gasteiger partial charge on any atom is 0.175 e. The van der Waals surface area contributed by atoms with Crippen molar-refractivity contribution in [2.45, 2.75) is 6.61 Å². The molecular formula is C15H12BrFO3. The highest BCUT2D eigenvalue weighted by atomic mass is 79.9. The summed E-state index contributed by atoms with van der Waals surface area (Å²) in [6, 6.07) is 9.29. The van der Waals surface area contributed by atoms with Crippen LogP contribution in [-0.4, -0.2) is 13.4 Å². The van der Waals surface area contributed by atoms with Crippen LogP contribution < -0.4 is 9.47 Å². The van der Waals surface area contributed by atoms with E-state index in [9.17, 15) is 9.18 Å². The average molecular weight is 339 g/mol. The van der Waals surface area contributed by atoms with Crippen LogP contribution in [0.25, 0.3) is 0 Å². The van der Waals surface area contributed by atoms with Crippen LogP contribution in [-0.2, 0) is 6.61 Å². The highest BCUT2D eigenvalue weighted by Gasteiger charge is 2.11. The quantitative estimate of drug-likeness (QED) is 0.773. The van der Waals surface area contributed by atoms with Gasteiger partial charge in [-0.25, -0.2) is 4.39 Å². The molecule has 104 valence electrons. The fraction of sp³-hybridized carbons (Fsp3) is 0.133. The first-order chi connectivity index (χ1) is 9.63. The number of methoxy groups -OCH3 is 1. The predicted molar refractivity (Wildman–Crippen MR) is 76.8 cm³/mol. The second-order valence-corrected chi connectivity index (χ2v) is 4.92. The number of hydrogen-bond donors (Lipinski definition) is 0. The van der Waals surface area contributed by atoms with Gasteiger partial charge in [0.1, 0.15) is 18.7 Å². The third-order valence-electron chi connectivity index (χ3n) is 2.68. The minimum absolute atomic E-state index is 0.273. The van der Waals surface area contributed by atoms with Crippen molar-refractivity contribution in [3.8, 4) is 11.5 Å². The molecule has 0 aliphatic carbocycles. The van der Waals surface area contributed by atoms with Gasteiger partial charge in [0.25, 0.3) is 0 Å². The Morgan fingerprint density at radius 3 is 2.55 bits per heavy atom. The molecule has 3 nitrogen and oxygen atoms in total. The predicted octanol–water partition coefficient (Wildman–Crippen LogP) is 3.99. The van der Waals surface area contributed by atoms with E-state index in [1.54, 1.807) is 24.3 Å². The Balaban J connectivity index is 2.20. The number of rotatable bonds is 5. The minimum Gasteiger partial charge on any atom is -0.493 e. The first-order valence-electron chi connectivity index (χ1n) is 5.84. The Bertz CT molecular complexity index is 611. The van der Waals surface area contributed by atoms with Gasteiger partial charge in [0.05, 0.1) is 11.6 Å². The summed E-state index contributed by atoms with van der Waals surface area (Å²) in [6.45, 7) is 0.273. The van der Waals surface area contributed by atoms with Crippen molar-refractivity contribution in [1.29, 1.82) is 0 Å². The van der Waals surface area contributed by atoms with Crippen molar-refractivity contribution in [3.63, 3.8) is 0 Å². The summed E-state index contributed by atoms with van der Waals surface area (Å²) in [5.41, 5.74) is 1.32. The van der Waals surface area contributed by atoms with Crippen LogP contribution in [0.1, 0.15) is 15.9 Å². The summed E-state index contributed by atoms with van der Waals surface area (Å²) in [7, 11) is 1.50. The zero-order chi connectivity index (χ0) is 14.5. The lowest BCUT2D eigenvalue weighted by molar-refractivity contribution is 0.112. The maximum atomic E-state index is 12.8. The fourth-order valence-corrected chi connectivity index (χ4v) is 2.26. The van der Waals surface area contributed by atoms with Gasteiger partial charge < -0.3 is 9.47 Å². The van der Waals surface area contributed by atoms with Gasteiger partial charge in [0.2, 0.25) is 0 Å². The van der Waals surface area contributed by atoms with Crippen LogP contribution in [0.2, 0.25) is 0 Å². The lowest BCUT2D eigenvalue weighted by Gasteiger charge is -2.13. The number of benzene rings is 2. The monoisotopic (exact) mass is 338 g/mol. The molecule has 0 radical (unpaired) electrons. The lowest BCUT2D eigenvalue weighted by Crippen LogP contribution is -1.99. The van der Waals surface area contributed by atoms with Crippen LogP contribution in [0.5, 0.6) is 11.5 Å². The van der Waals surface area contributed by atoms with Crippen LogP contribution in [0.15, 0.2) is 40.9 Å². The SMILES string of the molecule is COc1cc(C=O)cc(Br)c1OCc1ccc(F)cc1. The number of carbonyl (C=O) groups is 1. The zero-order valence-corrected chi connectivity index (χ0v) is 12.3. The van der Waals surface area contributed by atoms with E-state index in [4.69, 9.17) is 9.47 Å². The average Bonchev–Trinajstić information content (AvgIpc) is 2.47. The number of ether oxygens (including phenoxy) is 2. The Labute approximate surface area is 124 Å². The lowest BCUT2D eigenvalue weighted by atomic mass is 10.2. The summed E-state index contributed by atoms with van der Waals surface area (Å²) >= 11 is 3.34. The van der Waals surface area contributed by atoms with E-state index in [2.05, 4.69) is 15.9 Å². The molecular weight excluding hydrogens is 327 g/mol. The third kappa shape index (κ3) is 3.36. The van der Waals surface area contributed by atoms with E-state index in [0.717, 1.165) is 11.8 Å². The van der Waals surface area contributed by atoms with E-state index in [-0.39, 0.29) is 12.4 Å². The largest absolute Gasteiger partial charge is 0.493 e. The summed E-state index contributed by atoms with van der Waals surface area (Å²) in [6.07, 6.45) is 0.733. The molecule has 2 aromatic carbocycles. The van der Waals surface area contributed by atoms with Gasteiger partial charge in [0.15, 0.2) is 11.5 Å². The molecule has 2 rings (SSSR count). The number of halogens is 2. The smallest absolute Gasteiger partial charge is 0.175 e. The minimum atomic E-state index is -0.289. The maximum absolute atomic E-state index is 12.8. The second kappa shape index (κ2) is 6.52. The van der Waals surface area contributed by atoms with Gasteiger partial charge in [0, 0.05) is 5.56 Å². The molecule has 0 bridgehead atoms. The number of carbonyl (C=O) groups excluding carboxylic acids is 1. The van der Waals surface area contributed by atoms with Crippen molar-refractivity contribution in [2.75, 3.05) is 7.11 Å². The summed E-state index contributed by atoms with van der Waals surface area (Å²) < 4.78 is 24.3. The van der Waals surface area contributed by atoms with Crippen molar-refractivity contribution in [3.05, 3.63) is 57.8 Å². The van der Waals surface area contributed by atoms with Gasteiger partial charge in [-0.05, 0) is 45.8 Å². The van der Waals surface area contributed by atoms with Crippen LogP contribution in [0.4, 0.5) is 4.39 Å². The molecule has 0 saturated heterocycles. The number of hydrogen-bond acceptors (Lipinski definition) is 3. The van der Waals surface area contributed by atoms with Crippen molar-refractivity contribution >= 4 is 22.2 Å². The molecule has 5 heteroatoms. The van der Waals surface area contributed by atoms with Gasteiger partial charge in [-0.2, -0.15) is 0 Å². The molecule has 0 aliphatic rings. The van der Waals surface area contributed by atoms with Crippen LogP contribution in [0, 0.1) is 5.82 Å². The molecule has 0 fully saturated rings. The molecule has 0 unspecified atom stereocenters. The topological polar surface area (TPSA) is 35.5 Å². The highest BCUT2D eigenvalue weighted by Crippen LogP contribution is 2.36. The molecule has 0 atom stereocenters. The highest BCUT2D eigenvalue weighted by molar-refractivity contribution is 9.10. The summed E-state index contributed by atoms with van der Waals surface area (Å²) in [4.78, 5) is 10.8. The molecule has 0 amide bonds. The molecule has 2 aromatic rings. The van der Waals surface area contributed by atoms with E-state index in [1.807, 2.05) is 0 Å². The molecule has 0 aliphatic heterocycles. The van der Waals surface area contributed by atoms with E-state index < -0.39 is 0 Å². The zero-order valence-electron chi connectivity index (χ0n) is 10.7. The molecule has 0 spiro atoms. The molecule has 0 saturated carbocycles. The molecule has 0 aromatic heterocycles. The van der Waals surface area contributed by atoms with Gasteiger partial charge in [-0.15, -0.1) is 0 Å². The van der Waals surface area contributed by atoms with Gasteiger partial charge in [-0.1, -0.05) is 12.1 Å². The number of aldehydes is 1. The summed E-state index contributed by atoms with van der Waals surface area (Å²) in [5, 5.41) is 0. The van der Waals surface area contributed by atoms with Gasteiger partial charge in [-0.3, -0.25) is 4.79 Å². The van der Waals surface area contributed by atoms with Crippen molar-refractivity contribution in [1.82, 2.24) is 0 Å². The Kier molecular flexibility index (Phi) is 4.74. The van der Waals surface area contributed by atoms with Crippen LogP contribution in [0.3, 0.4) is 0 Å². The first kappa shape index (κ1) is 14.5. The van der Waals surface area contributed by atoms with E-state index >= 15 is 0 Å². The first-order valence-corrected chi connectivity index (χ1v) is 6.63. The van der Waals surface area contributed by atoms with Crippen molar-refractivity contribution in [2.24, 2.45) is 0 Å². The Morgan fingerprint density at radius 2 is 1.95 bits per heavy atom. The normalized spacial score (nSPS) is 10.2. The molecule has 0 N–H and O–H groups in total. The molecule has 20 heavy (non-hydrogen) atoms. The molecule has 0 heterocycles. The fourth-order valence-electron chi connectivity index (χ4n) is 1.68. The van der Waals surface area contributed by atoms with E-state index in [0.29, 0.717) is 21.5 Å². The van der Waals surface area contributed by atoms with Crippen LogP contribution >= 0.6 is 15.9 Å². The van der Waals surface area contributed by atoms with Crippen molar-refractivity contribution < 1.29 is 18.7 Å². The third-order valence-corrected chi connectivity index (χ3v) is 3.27. The Morgan fingerprint density at radius 1 is 1.25 bits per heavy atom. The Hall–Kier alpha value is -1.88. The summed E-state index contributed by atoms with van der Waals surface area (Å²) in [5.74, 6) is 0.675. The van der Waals surface area contributed by atoms with Gasteiger partial charge >= 0.3 is 0 Å². The second-order valence-electron chi connectivity index (χ2n) is 4.07. The standard InChI is InChI=1S/C15H12BrFO3/c1-19-14-7-11(8-18)6-13(16)15(14)20-9-10-2-4-12(17)5-3-10/h2-8H,9H2,1H3. The van der Waals surface area contributed by atoms with E-state index in [1.165, 1.54) is 19.2 Å².